The number of hydrogen-bond acceptors (Lipinski definition) is 2. The van der Waals surface area contributed by atoms with Crippen LogP contribution in [-0.2, 0) is 10.2 Å². The summed E-state index contributed by atoms with van der Waals surface area (Å²) in [5.41, 5.74) is 2.31. The zero-order chi connectivity index (χ0) is 15.2. The number of likely N-dealkylation sites (tertiary alicyclic amines) is 2. The molecule has 0 aromatic heterocycles. The average Bonchev–Trinajstić information content (AvgIpc) is 2.95. The molecule has 1 aromatic carbocycles. The smallest absolute Gasteiger partial charge is 0.233 e. The average molecular weight is 298 g/mol. The highest BCUT2D eigenvalue weighted by atomic mass is 16.2. The fraction of sp³-hybridized carbons (Fsp3) is 0.632. The molecule has 118 valence electrons. The molecule has 1 amide bonds. The van der Waals surface area contributed by atoms with E-state index >= 15 is 0 Å². The van der Waals surface area contributed by atoms with E-state index in [0.717, 1.165) is 32.4 Å². The largest absolute Gasteiger partial charge is 0.340 e. The Morgan fingerprint density at radius 1 is 1.18 bits per heavy atom. The molecule has 0 spiro atoms. The van der Waals surface area contributed by atoms with Crippen LogP contribution in [0.5, 0.6) is 0 Å². The number of benzene rings is 1. The van der Waals surface area contributed by atoms with Crippen molar-refractivity contribution >= 4 is 5.91 Å². The summed E-state index contributed by atoms with van der Waals surface area (Å²) in [6.45, 7) is 6.48. The van der Waals surface area contributed by atoms with E-state index in [0.29, 0.717) is 11.9 Å². The normalized spacial score (nSPS) is 27.3. The maximum absolute atomic E-state index is 13.1. The summed E-state index contributed by atoms with van der Waals surface area (Å²) in [7, 11) is 0. The highest BCUT2D eigenvalue weighted by Gasteiger charge is 2.53. The van der Waals surface area contributed by atoms with Gasteiger partial charge in [0.2, 0.25) is 5.91 Å². The van der Waals surface area contributed by atoms with E-state index in [2.05, 4.69) is 41.0 Å². The van der Waals surface area contributed by atoms with E-state index < -0.39 is 0 Å². The van der Waals surface area contributed by atoms with Crippen LogP contribution in [0.25, 0.3) is 0 Å². The third kappa shape index (κ3) is 2.36. The molecular formula is C19H26N2O. The minimum absolute atomic E-state index is 0.189. The molecule has 1 atom stereocenters. The first-order valence-corrected chi connectivity index (χ1v) is 8.80. The summed E-state index contributed by atoms with van der Waals surface area (Å²) in [5, 5.41) is 0. The zero-order valence-corrected chi connectivity index (χ0v) is 13.6. The number of nitrogens with zero attached hydrogens (tertiary/aromatic N) is 2. The topological polar surface area (TPSA) is 23.6 Å². The number of aryl methyl sites for hydroxylation is 1. The van der Waals surface area contributed by atoms with Crippen molar-refractivity contribution in [3.63, 3.8) is 0 Å². The Bertz CT molecular complexity index is 573. The van der Waals surface area contributed by atoms with Crippen LogP contribution in [0.15, 0.2) is 24.3 Å². The Morgan fingerprint density at radius 3 is 2.64 bits per heavy atom. The predicted octanol–water partition coefficient (Wildman–Crippen LogP) is 2.72. The van der Waals surface area contributed by atoms with Gasteiger partial charge in [0.1, 0.15) is 0 Å². The van der Waals surface area contributed by atoms with Crippen molar-refractivity contribution in [3.8, 4) is 0 Å². The van der Waals surface area contributed by atoms with E-state index in [1.807, 2.05) is 0 Å². The van der Waals surface area contributed by atoms with E-state index in [1.54, 1.807) is 0 Å². The van der Waals surface area contributed by atoms with Crippen LogP contribution in [0.2, 0.25) is 0 Å². The Balaban J connectivity index is 1.48. The first-order chi connectivity index (χ1) is 10.7. The lowest BCUT2D eigenvalue weighted by atomic mass is 9.93. The SMILES string of the molecule is Cc1cccc(C2(C(=O)N3CCC(N4CCCC4)C3)CC2)c1. The fourth-order valence-corrected chi connectivity index (χ4v) is 4.33. The molecule has 2 saturated heterocycles. The Labute approximate surface area is 133 Å². The van der Waals surface area contributed by atoms with E-state index in [9.17, 15) is 4.79 Å². The third-order valence-corrected chi connectivity index (χ3v) is 5.84. The lowest BCUT2D eigenvalue weighted by Gasteiger charge is -2.26. The van der Waals surface area contributed by atoms with Crippen molar-refractivity contribution in [1.82, 2.24) is 9.80 Å². The molecule has 2 heterocycles. The second-order valence-corrected chi connectivity index (χ2v) is 7.39. The summed E-state index contributed by atoms with van der Waals surface area (Å²) in [4.78, 5) is 17.9. The van der Waals surface area contributed by atoms with Crippen molar-refractivity contribution in [2.45, 2.75) is 50.5 Å². The van der Waals surface area contributed by atoms with Gasteiger partial charge < -0.3 is 4.90 Å². The molecular weight excluding hydrogens is 272 g/mol. The molecule has 1 aliphatic carbocycles. The molecule has 3 heteroatoms. The van der Waals surface area contributed by atoms with Crippen molar-refractivity contribution in [2.75, 3.05) is 26.2 Å². The van der Waals surface area contributed by atoms with Gasteiger partial charge in [0, 0.05) is 19.1 Å². The van der Waals surface area contributed by atoms with Crippen LogP contribution in [0.4, 0.5) is 0 Å². The quantitative estimate of drug-likeness (QED) is 0.856. The maximum Gasteiger partial charge on any atom is 0.233 e. The van der Waals surface area contributed by atoms with Gasteiger partial charge in [0.25, 0.3) is 0 Å². The summed E-state index contributed by atoms with van der Waals surface area (Å²) < 4.78 is 0. The van der Waals surface area contributed by atoms with Crippen LogP contribution in [0, 0.1) is 6.92 Å². The predicted molar refractivity (Wildman–Crippen MR) is 87.9 cm³/mol. The zero-order valence-electron chi connectivity index (χ0n) is 13.6. The molecule has 3 nitrogen and oxygen atoms in total. The number of rotatable bonds is 3. The Kier molecular flexibility index (Phi) is 3.48. The summed E-state index contributed by atoms with van der Waals surface area (Å²) >= 11 is 0. The highest BCUT2D eigenvalue weighted by Crippen LogP contribution is 2.50. The highest BCUT2D eigenvalue weighted by molar-refractivity contribution is 5.91. The van der Waals surface area contributed by atoms with E-state index in [4.69, 9.17) is 0 Å². The number of carbonyl (C=O) groups excluding carboxylic acids is 1. The van der Waals surface area contributed by atoms with Crippen molar-refractivity contribution in [1.29, 1.82) is 0 Å². The minimum atomic E-state index is -0.189. The van der Waals surface area contributed by atoms with Gasteiger partial charge in [-0.3, -0.25) is 9.69 Å². The lowest BCUT2D eigenvalue weighted by Crippen LogP contribution is -2.41. The molecule has 1 unspecified atom stereocenters. The number of hydrogen-bond donors (Lipinski definition) is 0. The van der Waals surface area contributed by atoms with Gasteiger partial charge in [0.15, 0.2) is 0 Å². The molecule has 22 heavy (non-hydrogen) atoms. The van der Waals surface area contributed by atoms with Crippen LogP contribution < -0.4 is 0 Å². The van der Waals surface area contributed by atoms with Gasteiger partial charge in [0.05, 0.1) is 5.41 Å². The van der Waals surface area contributed by atoms with Crippen molar-refractivity contribution in [2.24, 2.45) is 0 Å². The minimum Gasteiger partial charge on any atom is -0.340 e. The van der Waals surface area contributed by atoms with E-state index in [-0.39, 0.29) is 5.41 Å². The van der Waals surface area contributed by atoms with Gasteiger partial charge >= 0.3 is 0 Å². The first kappa shape index (κ1) is 14.3. The van der Waals surface area contributed by atoms with Gasteiger partial charge in [-0.25, -0.2) is 0 Å². The monoisotopic (exact) mass is 298 g/mol. The number of carbonyl (C=O) groups is 1. The molecule has 0 N–H and O–H groups in total. The van der Waals surface area contributed by atoms with Crippen LogP contribution in [0.1, 0.15) is 43.2 Å². The maximum atomic E-state index is 13.1. The van der Waals surface area contributed by atoms with Crippen molar-refractivity contribution < 1.29 is 4.79 Å². The molecule has 0 bridgehead atoms. The molecule has 2 aliphatic heterocycles. The first-order valence-electron chi connectivity index (χ1n) is 8.80. The van der Waals surface area contributed by atoms with Gasteiger partial charge in [-0.1, -0.05) is 29.8 Å². The van der Waals surface area contributed by atoms with Gasteiger partial charge in [-0.2, -0.15) is 0 Å². The second kappa shape index (κ2) is 5.38. The fourth-order valence-electron chi connectivity index (χ4n) is 4.33. The van der Waals surface area contributed by atoms with Crippen molar-refractivity contribution in [3.05, 3.63) is 35.4 Å². The Morgan fingerprint density at radius 2 is 1.95 bits per heavy atom. The van der Waals surface area contributed by atoms with Crippen LogP contribution >= 0.6 is 0 Å². The van der Waals surface area contributed by atoms with Crippen LogP contribution in [-0.4, -0.2) is 47.9 Å². The van der Waals surface area contributed by atoms with Gasteiger partial charge in [-0.15, -0.1) is 0 Å². The molecule has 3 aliphatic rings. The second-order valence-electron chi connectivity index (χ2n) is 7.39. The van der Waals surface area contributed by atoms with Crippen LogP contribution in [0.3, 0.4) is 0 Å². The summed E-state index contributed by atoms with van der Waals surface area (Å²) in [5.74, 6) is 0.389. The van der Waals surface area contributed by atoms with Gasteiger partial charge in [-0.05, 0) is 57.7 Å². The van der Waals surface area contributed by atoms with E-state index in [1.165, 1.54) is 37.1 Å². The summed E-state index contributed by atoms with van der Waals surface area (Å²) in [6, 6.07) is 9.17. The molecule has 4 rings (SSSR count). The Hall–Kier alpha value is -1.35. The molecule has 1 aromatic rings. The molecule has 3 fully saturated rings. The third-order valence-electron chi connectivity index (χ3n) is 5.84. The molecule has 0 radical (unpaired) electrons. The standard InChI is InChI=1S/C19H26N2O/c1-15-5-4-6-16(13-15)19(8-9-19)18(22)21-12-7-17(14-21)20-10-2-3-11-20/h4-6,13,17H,2-3,7-12,14H2,1H3. The molecule has 1 saturated carbocycles. The lowest BCUT2D eigenvalue weighted by molar-refractivity contribution is -0.133. The number of amides is 1. The summed E-state index contributed by atoms with van der Waals surface area (Å²) in [6.07, 6.45) is 5.88.